The Morgan fingerprint density at radius 3 is 2.71 bits per heavy atom. The van der Waals surface area contributed by atoms with Crippen molar-refractivity contribution in [3.05, 3.63) is 64.6 Å². The molecule has 3 aromatic rings. The van der Waals surface area contributed by atoms with Gasteiger partial charge in [-0.1, -0.05) is 24.1 Å². The highest BCUT2D eigenvalue weighted by Gasteiger charge is 2.15. The van der Waals surface area contributed by atoms with Crippen molar-refractivity contribution in [2.75, 3.05) is 11.9 Å². The molecular weight excluding hydrogens is 420 g/mol. The summed E-state index contributed by atoms with van der Waals surface area (Å²) in [4.78, 5) is 40.1. The van der Waals surface area contributed by atoms with E-state index in [0.29, 0.717) is 36.5 Å². The van der Waals surface area contributed by atoms with Crippen molar-refractivity contribution in [2.24, 2.45) is 0 Å². The Bertz CT molecular complexity index is 1130. The standard InChI is InChI=1S/C22H23ClN4O4/c1-14-20(27-12-6-4-7-18(27)25-14)21(29)24-11-5-2-3-8-19(28)26-15-9-10-17(23)16(13-15)22(30)31/h4,6-7,9-10,12-13H,2-3,5,8,11H2,1H3,(H,24,29)(H,26,28)(H,30,31). The van der Waals surface area contributed by atoms with Crippen LogP contribution in [0.15, 0.2) is 42.6 Å². The number of unbranched alkanes of at least 4 members (excludes halogenated alkanes) is 2. The number of hydrogen-bond acceptors (Lipinski definition) is 4. The third kappa shape index (κ3) is 5.61. The summed E-state index contributed by atoms with van der Waals surface area (Å²) in [7, 11) is 0. The van der Waals surface area contributed by atoms with Crippen molar-refractivity contribution in [3.8, 4) is 0 Å². The summed E-state index contributed by atoms with van der Waals surface area (Å²) in [5.41, 5.74) is 2.26. The number of carbonyl (C=O) groups is 3. The summed E-state index contributed by atoms with van der Waals surface area (Å²) >= 11 is 5.82. The van der Waals surface area contributed by atoms with E-state index in [1.807, 2.05) is 24.4 Å². The minimum atomic E-state index is -1.15. The van der Waals surface area contributed by atoms with Crippen molar-refractivity contribution >= 4 is 40.7 Å². The van der Waals surface area contributed by atoms with Gasteiger partial charge in [-0.15, -0.1) is 0 Å². The Kier molecular flexibility index (Phi) is 7.25. The summed E-state index contributed by atoms with van der Waals surface area (Å²) in [6.45, 7) is 2.31. The van der Waals surface area contributed by atoms with Crippen LogP contribution in [0.4, 0.5) is 5.69 Å². The zero-order valence-electron chi connectivity index (χ0n) is 17.0. The lowest BCUT2D eigenvalue weighted by Gasteiger charge is -2.08. The van der Waals surface area contributed by atoms with Gasteiger partial charge in [0.2, 0.25) is 5.91 Å². The van der Waals surface area contributed by atoms with E-state index in [0.717, 1.165) is 18.5 Å². The Morgan fingerprint density at radius 2 is 1.94 bits per heavy atom. The van der Waals surface area contributed by atoms with Crippen molar-refractivity contribution < 1.29 is 19.5 Å². The zero-order chi connectivity index (χ0) is 22.4. The van der Waals surface area contributed by atoms with Gasteiger partial charge in [0.1, 0.15) is 11.3 Å². The minimum absolute atomic E-state index is 0.0589. The molecule has 0 spiro atoms. The average molecular weight is 443 g/mol. The summed E-state index contributed by atoms with van der Waals surface area (Å²) in [6, 6.07) is 9.90. The molecule has 31 heavy (non-hydrogen) atoms. The lowest BCUT2D eigenvalue weighted by atomic mass is 10.1. The highest BCUT2D eigenvalue weighted by molar-refractivity contribution is 6.33. The monoisotopic (exact) mass is 442 g/mol. The fourth-order valence-corrected chi connectivity index (χ4v) is 3.45. The maximum Gasteiger partial charge on any atom is 0.337 e. The molecule has 2 amide bonds. The fraction of sp³-hybridized carbons (Fsp3) is 0.273. The summed E-state index contributed by atoms with van der Waals surface area (Å²) in [5.74, 6) is -1.53. The number of anilines is 1. The van der Waals surface area contributed by atoms with Crippen molar-refractivity contribution in [3.63, 3.8) is 0 Å². The molecule has 3 N–H and O–H groups in total. The van der Waals surface area contributed by atoms with Crippen molar-refractivity contribution in [1.29, 1.82) is 0 Å². The number of pyridine rings is 1. The first-order chi connectivity index (χ1) is 14.9. The van der Waals surface area contributed by atoms with E-state index in [9.17, 15) is 14.4 Å². The van der Waals surface area contributed by atoms with Crippen LogP contribution in [0.1, 0.15) is 52.2 Å². The Labute approximate surface area is 184 Å². The van der Waals surface area contributed by atoms with Gasteiger partial charge in [0.15, 0.2) is 0 Å². The number of rotatable bonds is 9. The van der Waals surface area contributed by atoms with Gasteiger partial charge in [-0.2, -0.15) is 0 Å². The Hall–Kier alpha value is -3.39. The number of carboxylic acid groups (broad SMARTS) is 1. The topological polar surface area (TPSA) is 113 Å². The maximum absolute atomic E-state index is 12.5. The third-order valence-corrected chi connectivity index (χ3v) is 5.10. The van der Waals surface area contributed by atoms with Crippen molar-refractivity contribution in [2.45, 2.75) is 32.6 Å². The number of benzene rings is 1. The van der Waals surface area contributed by atoms with Gasteiger partial charge in [0.05, 0.1) is 16.3 Å². The summed E-state index contributed by atoms with van der Waals surface area (Å²) in [5, 5.41) is 14.8. The average Bonchev–Trinajstić information content (AvgIpc) is 3.07. The number of nitrogens with one attached hydrogen (secondary N) is 2. The molecule has 0 saturated heterocycles. The van der Waals surface area contributed by atoms with E-state index in [-0.39, 0.29) is 22.4 Å². The molecule has 2 heterocycles. The zero-order valence-corrected chi connectivity index (χ0v) is 17.8. The molecule has 8 nitrogen and oxygen atoms in total. The largest absolute Gasteiger partial charge is 0.478 e. The molecule has 0 saturated carbocycles. The molecular formula is C22H23ClN4O4. The first-order valence-corrected chi connectivity index (χ1v) is 10.3. The number of aromatic nitrogens is 2. The number of carbonyl (C=O) groups excluding carboxylic acids is 2. The molecule has 0 fully saturated rings. The second-order valence-corrected chi connectivity index (χ2v) is 7.50. The molecule has 0 bridgehead atoms. The number of aromatic carboxylic acids is 1. The third-order valence-electron chi connectivity index (χ3n) is 4.77. The number of amides is 2. The molecule has 0 atom stereocenters. The van der Waals surface area contributed by atoms with E-state index in [1.165, 1.54) is 12.1 Å². The minimum Gasteiger partial charge on any atom is -0.478 e. The van der Waals surface area contributed by atoms with Gasteiger partial charge in [0.25, 0.3) is 5.91 Å². The lowest BCUT2D eigenvalue weighted by Crippen LogP contribution is -2.26. The number of hydrogen-bond donors (Lipinski definition) is 3. The van der Waals surface area contributed by atoms with Crippen LogP contribution in [0.5, 0.6) is 0 Å². The summed E-state index contributed by atoms with van der Waals surface area (Å²) in [6.07, 6.45) is 4.25. The highest BCUT2D eigenvalue weighted by atomic mass is 35.5. The predicted molar refractivity (Wildman–Crippen MR) is 118 cm³/mol. The van der Waals surface area contributed by atoms with Crippen LogP contribution in [-0.2, 0) is 4.79 Å². The Balaban J connectivity index is 1.39. The molecule has 1 aromatic carbocycles. The van der Waals surface area contributed by atoms with Crippen LogP contribution >= 0.6 is 11.6 Å². The number of aryl methyl sites for hydroxylation is 1. The molecule has 9 heteroatoms. The molecule has 0 aliphatic heterocycles. The molecule has 2 aromatic heterocycles. The number of nitrogens with zero attached hydrogens (tertiary/aromatic N) is 2. The molecule has 3 rings (SSSR count). The normalized spacial score (nSPS) is 10.8. The first-order valence-electron chi connectivity index (χ1n) is 9.91. The van der Waals surface area contributed by atoms with Gasteiger partial charge in [-0.25, -0.2) is 9.78 Å². The molecule has 0 unspecified atom stereocenters. The number of fused-ring (bicyclic) bond motifs is 1. The van der Waals surface area contributed by atoms with E-state index >= 15 is 0 Å². The lowest BCUT2D eigenvalue weighted by molar-refractivity contribution is -0.116. The highest BCUT2D eigenvalue weighted by Crippen LogP contribution is 2.21. The van der Waals surface area contributed by atoms with Crippen LogP contribution in [-0.4, -0.2) is 38.8 Å². The quantitative estimate of drug-likeness (QED) is 0.435. The van der Waals surface area contributed by atoms with Crippen LogP contribution < -0.4 is 10.6 Å². The van der Waals surface area contributed by atoms with E-state index in [4.69, 9.17) is 16.7 Å². The van der Waals surface area contributed by atoms with E-state index < -0.39 is 5.97 Å². The van der Waals surface area contributed by atoms with Crippen molar-refractivity contribution in [1.82, 2.24) is 14.7 Å². The first kappa shape index (κ1) is 22.3. The number of carboxylic acids is 1. The predicted octanol–water partition coefficient (Wildman–Crippen LogP) is 3.92. The molecule has 0 aliphatic rings. The number of halogens is 1. The van der Waals surface area contributed by atoms with Crippen LogP contribution in [0, 0.1) is 6.92 Å². The van der Waals surface area contributed by atoms with Crippen LogP contribution in [0.25, 0.3) is 5.65 Å². The maximum atomic E-state index is 12.5. The van der Waals surface area contributed by atoms with Gasteiger partial charge in [0, 0.05) is 24.8 Å². The fourth-order valence-electron chi connectivity index (χ4n) is 3.25. The summed E-state index contributed by atoms with van der Waals surface area (Å²) < 4.78 is 1.77. The molecule has 0 radical (unpaired) electrons. The van der Waals surface area contributed by atoms with Gasteiger partial charge in [-0.3, -0.25) is 14.0 Å². The Morgan fingerprint density at radius 1 is 1.13 bits per heavy atom. The second kappa shape index (κ2) is 10.1. The van der Waals surface area contributed by atoms with Gasteiger partial charge < -0.3 is 15.7 Å². The van der Waals surface area contributed by atoms with Crippen LogP contribution in [0.3, 0.4) is 0 Å². The smallest absolute Gasteiger partial charge is 0.337 e. The van der Waals surface area contributed by atoms with E-state index in [1.54, 1.807) is 17.4 Å². The second-order valence-electron chi connectivity index (χ2n) is 7.09. The number of imidazole rings is 1. The van der Waals surface area contributed by atoms with E-state index in [2.05, 4.69) is 15.6 Å². The van der Waals surface area contributed by atoms with Crippen LogP contribution in [0.2, 0.25) is 5.02 Å². The van der Waals surface area contributed by atoms with Gasteiger partial charge in [-0.05, 0) is 50.1 Å². The van der Waals surface area contributed by atoms with Gasteiger partial charge >= 0.3 is 5.97 Å². The molecule has 162 valence electrons. The molecule has 0 aliphatic carbocycles. The SMILES string of the molecule is Cc1nc2ccccn2c1C(=O)NCCCCCC(=O)Nc1ccc(Cl)c(C(=O)O)c1.